The van der Waals surface area contributed by atoms with Gasteiger partial charge >= 0.3 is 0 Å². The normalized spacial score (nSPS) is 11.1. The maximum absolute atomic E-state index is 13.4. The monoisotopic (exact) mass is 507 g/mol. The molecular formula is C22H27FIN5. The average molecular weight is 507 g/mol. The van der Waals surface area contributed by atoms with Crippen molar-refractivity contribution in [2.75, 3.05) is 13.6 Å². The van der Waals surface area contributed by atoms with Gasteiger partial charge in [0.2, 0.25) is 0 Å². The molecule has 1 heterocycles. The van der Waals surface area contributed by atoms with Crippen LogP contribution in [0.5, 0.6) is 0 Å². The van der Waals surface area contributed by atoms with E-state index in [-0.39, 0.29) is 29.8 Å². The molecule has 154 valence electrons. The van der Waals surface area contributed by atoms with Gasteiger partial charge in [0.05, 0.1) is 12.9 Å². The van der Waals surface area contributed by atoms with Crippen LogP contribution in [0, 0.1) is 5.82 Å². The van der Waals surface area contributed by atoms with Gasteiger partial charge in [-0.05, 0) is 35.7 Å². The zero-order chi connectivity index (χ0) is 19.8. The Hall–Kier alpha value is -2.42. The van der Waals surface area contributed by atoms with E-state index in [0.717, 1.165) is 30.2 Å². The lowest BCUT2D eigenvalue weighted by molar-refractivity contribution is 0.475. The fourth-order valence-electron chi connectivity index (χ4n) is 2.96. The number of imidazole rings is 1. The van der Waals surface area contributed by atoms with Crippen LogP contribution in [0.2, 0.25) is 0 Å². The van der Waals surface area contributed by atoms with Gasteiger partial charge in [0, 0.05) is 39.1 Å². The molecular weight excluding hydrogens is 480 g/mol. The third-order valence-corrected chi connectivity index (χ3v) is 4.36. The molecule has 0 saturated carbocycles. The van der Waals surface area contributed by atoms with Crippen LogP contribution < -0.4 is 5.32 Å². The van der Waals surface area contributed by atoms with E-state index in [1.54, 1.807) is 18.3 Å². The summed E-state index contributed by atoms with van der Waals surface area (Å²) in [5.41, 5.74) is 3.28. The molecule has 0 radical (unpaired) electrons. The second kappa shape index (κ2) is 11.5. The van der Waals surface area contributed by atoms with E-state index in [2.05, 4.69) is 34.6 Å². The molecule has 7 heteroatoms. The molecule has 1 aromatic heterocycles. The first-order valence-corrected chi connectivity index (χ1v) is 9.41. The van der Waals surface area contributed by atoms with Crippen molar-refractivity contribution in [1.82, 2.24) is 19.8 Å². The van der Waals surface area contributed by atoms with Crippen molar-refractivity contribution in [2.24, 2.45) is 4.99 Å². The van der Waals surface area contributed by atoms with Crippen LogP contribution in [-0.4, -0.2) is 34.0 Å². The molecule has 0 amide bonds. The largest absolute Gasteiger partial charge is 0.357 e. The van der Waals surface area contributed by atoms with Crippen molar-refractivity contribution in [1.29, 1.82) is 0 Å². The Labute approximate surface area is 188 Å². The number of benzene rings is 2. The number of halogens is 2. The minimum Gasteiger partial charge on any atom is -0.357 e. The van der Waals surface area contributed by atoms with E-state index < -0.39 is 0 Å². The molecule has 3 rings (SSSR count). The first kappa shape index (κ1) is 22.9. The fourth-order valence-corrected chi connectivity index (χ4v) is 2.96. The van der Waals surface area contributed by atoms with Crippen molar-refractivity contribution < 1.29 is 4.39 Å². The molecule has 0 saturated heterocycles. The molecule has 0 aliphatic rings. The minimum atomic E-state index is -0.219. The third-order valence-electron chi connectivity index (χ3n) is 4.36. The molecule has 0 bridgehead atoms. The predicted octanol–water partition coefficient (Wildman–Crippen LogP) is 4.29. The minimum absolute atomic E-state index is 0. The first-order chi connectivity index (χ1) is 13.6. The molecule has 0 aliphatic heterocycles. The van der Waals surface area contributed by atoms with Crippen molar-refractivity contribution in [3.05, 3.63) is 89.8 Å². The molecule has 0 spiro atoms. The van der Waals surface area contributed by atoms with E-state index in [1.165, 1.54) is 11.6 Å². The van der Waals surface area contributed by atoms with Gasteiger partial charge < -0.3 is 14.8 Å². The SMILES string of the molecule is CCNC(=NCc1ccc(Cn2ccnc2)cc1)N(C)Cc1cccc(F)c1.I. The quantitative estimate of drug-likeness (QED) is 0.295. The molecule has 0 aliphatic carbocycles. The summed E-state index contributed by atoms with van der Waals surface area (Å²) in [4.78, 5) is 10.8. The maximum Gasteiger partial charge on any atom is 0.194 e. The molecule has 0 unspecified atom stereocenters. The van der Waals surface area contributed by atoms with Crippen LogP contribution >= 0.6 is 24.0 Å². The smallest absolute Gasteiger partial charge is 0.194 e. The molecule has 5 nitrogen and oxygen atoms in total. The third kappa shape index (κ3) is 7.16. The number of nitrogens with zero attached hydrogens (tertiary/aromatic N) is 4. The highest BCUT2D eigenvalue weighted by atomic mass is 127. The summed E-state index contributed by atoms with van der Waals surface area (Å²) in [6.07, 6.45) is 5.55. The average Bonchev–Trinajstić information content (AvgIpc) is 3.19. The summed E-state index contributed by atoms with van der Waals surface area (Å²) in [5, 5.41) is 3.30. The van der Waals surface area contributed by atoms with Crippen LogP contribution in [0.15, 0.2) is 72.2 Å². The first-order valence-electron chi connectivity index (χ1n) is 9.41. The second-order valence-electron chi connectivity index (χ2n) is 6.71. The lowest BCUT2D eigenvalue weighted by atomic mass is 10.1. The molecule has 3 aromatic rings. The molecule has 0 atom stereocenters. The molecule has 0 fully saturated rings. The van der Waals surface area contributed by atoms with Crippen LogP contribution in [0.3, 0.4) is 0 Å². The van der Waals surface area contributed by atoms with E-state index in [9.17, 15) is 4.39 Å². The fraction of sp³-hybridized carbons (Fsp3) is 0.273. The van der Waals surface area contributed by atoms with Crippen LogP contribution in [0.25, 0.3) is 0 Å². The maximum atomic E-state index is 13.4. The van der Waals surface area contributed by atoms with Gasteiger partial charge in [0.15, 0.2) is 5.96 Å². The Kier molecular flexibility index (Phi) is 9.11. The summed E-state index contributed by atoms with van der Waals surface area (Å²) in [6.45, 7) is 4.80. The number of guanidine groups is 1. The molecule has 29 heavy (non-hydrogen) atoms. The summed E-state index contributed by atoms with van der Waals surface area (Å²) in [5.74, 6) is 0.581. The van der Waals surface area contributed by atoms with Gasteiger partial charge in [-0.1, -0.05) is 36.4 Å². The summed E-state index contributed by atoms with van der Waals surface area (Å²) < 4.78 is 15.5. The van der Waals surface area contributed by atoms with Crippen molar-refractivity contribution in [2.45, 2.75) is 26.6 Å². The van der Waals surface area contributed by atoms with Gasteiger partial charge in [-0.15, -0.1) is 24.0 Å². The Morgan fingerprint density at radius 3 is 2.55 bits per heavy atom. The predicted molar refractivity (Wildman–Crippen MR) is 126 cm³/mol. The summed E-state index contributed by atoms with van der Waals surface area (Å²) in [6, 6.07) is 15.1. The van der Waals surface area contributed by atoms with E-state index >= 15 is 0 Å². The van der Waals surface area contributed by atoms with E-state index in [1.807, 2.05) is 42.0 Å². The number of aliphatic imine (C=N–C) groups is 1. The van der Waals surface area contributed by atoms with Gasteiger partial charge in [-0.3, -0.25) is 0 Å². The van der Waals surface area contributed by atoms with Crippen molar-refractivity contribution >= 4 is 29.9 Å². The number of hydrogen-bond acceptors (Lipinski definition) is 2. The lowest BCUT2D eigenvalue weighted by Crippen LogP contribution is -2.38. The Morgan fingerprint density at radius 1 is 1.14 bits per heavy atom. The second-order valence-corrected chi connectivity index (χ2v) is 6.71. The van der Waals surface area contributed by atoms with Crippen molar-refractivity contribution in [3.8, 4) is 0 Å². The number of rotatable bonds is 7. The van der Waals surface area contributed by atoms with Gasteiger partial charge in [-0.2, -0.15) is 0 Å². The lowest BCUT2D eigenvalue weighted by Gasteiger charge is -2.22. The molecule has 1 N–H and O–H groups in total. The van der Waals surface area contributed by atoms with Gasteiger partial charge in [0.1, 0.15) is 5.82 Å². The van der Waals surface area contributed by atoms with Crippen LogP contribution in [0.1, 0.15) is 23.6 Å². The Morgan fingerprint density at radius 2 is 1.90 bits per heavy atom. The number of hydrogen-bond donors (Lipinski definition) is 1. The zero-order valence-corrected chi connectivity index (χ0v) is 19.1. The summed E-state index contributed by atoms with van der Waals surface area (Å²) >= 11 is 0. The number of aromatic nitrogens is 2. The highest BCUT2D eigenvalue weighted by Gasteiger charge is 2.07. The molecule has 2 aromatic carbocycles. The number of nitrogens with one attached hydrogen (secondary N) is 1. The van der Waals surface area contributed by atoms with Crippen LogP contribution in [0.4, 0.5) is 4.39 Å². The van der Waals surface area contributed by atoms with E-state index in [4.69, 9.17) is 4.99 Å². The Bertz CT molecular complexity index is 894. The highest BCUT2D eigenvalue weighted by Crippen LogP contribution is 2.09. The van der Waals surface area contributed by atoms with E-state index in [0.29, 0.717) is 13.1 Å². The standard InChI is InChI=1S/C22H26FN5.HI/c1-3-25-22(27(2)15-20-5-4-6-21(23)13-20)26-14-18-7-9-19(10-8-18)16-28-12-11-24-17-28;/h4-13,17H,3,14-16H2,1-2H3,(H,25,26);1H. The van der Waals surface area contributed by atoms with Crippen LogP contribution in [-0.2, 0) is 19.6 Å². The summed E-state index contributed by atoms with van der Waals surface area (Å²) in [7, 11) is 1.96. The Balaban J connectivity index is 0.00000300. The van der Waals surface area contributed by atoms with Crippen molar-refractivity contribution in [3.63, 3.8) is 0 Å². The zero-order valence-electron chi connectivity index (χ0n) is 16.8. The van der Waals surface area contributed by atoms with Gasteiger partial charge in [0.25, 0.3) is 0 Å². The topological polar surface area (TPSA) is 45.5 Å². The highest BCUT2D eigenvalue weighted by molar-refractivity contribution is 14.0. The van der Waals surface area contributed by atoms with Gasteiger partial charge in [-0.25, -0.2) is 14.4 Å².